The summed E-state index contributed by atoms with van der Waals surface area (Å²) in [5.41, 5.74) is 3.11. The number of anilines is 1. The summed E-state index contributed by atoms with van der Waals surface area (Å²) in [6, 6.07) is 11.7. The quantitative estimate of drug-likeness (QED) is 0.533. The van der Waals surface area contributed by atoms with Crippen LogP contribution in [0.5, 0.6) is 0 Å². The van der Waals surface area contributed by atoms with Gasteiger partial charge in [-0.25, -0.2) is 14.5 Å². The van der Waals surface area contributed by atoms with Crippen LogP contribution < -0.4 is 10.6 Å². The minimum atomic E-state index is -0.604. The van der Waals surface area contributed by atoms with Crippen molar-refractivity contribution in [3.05, 3.63) is 71.4 Å². The number of aromatic nitrogens is 3. The molecule has 1 saturated heterocycles. The lowest BCUT2D eigenvalue weighted by Gasteiger charge is -2.19. The molecule has 2 atom stereocenters. The van der Waals surface area contributed by atoms with Gasteiger partial charge in [0.15, 0.2) is 0 Å². The SMILES string of the molecule is COCCN1C[C@@H](NC(=O)Nc2c(C)c(C)nn2-c2ccccc2)[C@H](c2ccnc(F)c2)O1. The van der Waals surface area contributed by atoms with E-state index in [2.05, 4.69) is 20.7 Å². The van der Waals surface area contributed by atoms with Gasteiger partial charge in [-0.05, 0) is 43.7 Å². The van der Waals surface area contributed by atoms with Crippen molar-refractivity contribution in [1.29, 1.82) is 0 Å². The summed E-state index contributed by atoms with van der Waals surface area (Å²) in [7, 11) is 1.61. The number of urea groups is 1. The van der Waals surface area contributed by atoms with Crippen LogP contribution in [-0.4, -0.2) is 58.7 Å². The number of nitrogens with zero attached hydrogens (tertiary/aromatic N) is 4. The Balaban J connectivity index is 1.53. The first-order valence-electron chi connectivity index (χ1n) is 10.7. The number of rotatable bonds is 7. The Kier molecular flexibility index (Phi) is 6.97. The molecule has 1 fully saturated rings. The van der Waals surface area contributed by atoms with Crippen LogP contribution in [-0.2, 0) is 9.57 Å². The molecule has 3 heterocycles. The van der Waals surface area contributed by atoms with E-state index in [0.29, 0.717) is 31.1 Å². The predicted octanol–water partition coefficient (Wildman–Crippen LogP) is 3.15. The second-order valence-electron chi connectivity index (χ2n) is 7.83. The summed E-state index contributed by atoms with van der Waals surface area (Å²) in [6.07, 6.45) is 0.819. The van der Waals surface area contributed by atoms with Crippen LogP contribution in [0.2, 0.25) is 0 Å². The smallest absolute Gasteiger partial charge is 0.320 e. The van der Waals surface area contributed by atoms with E-state index < -0.39 is 24.1 Å². The number of hydrogen-bond donors (Lipinski definition) is 2. The van der Waals surface area contributed by atoms with Gasteiger partial charge in [-0.2, -0.15) is 14.6 Å². The van der Waals surface area contributed by atoms with Crippen molar-refractivity contribution in [1.82, 2.24) is 25.1 Å². The van der Waals surface area contributed by atoms with E-state index in [-0.39, 0.29) is 0 Å². The molecule has 9 nitrogen and oxygen atoms in total. The Bertz CT molecular complexity index is 1110. The van der Waals surface area contributed by atoms with Gasteiger partial charge in [-0.15, -0.1) is 0 Å². The predicted molar refractivity (Wildman–Crippen MR) is 120 cm³/mol. The largest absolute Gasteiger partial charge is 0.383 e. The highest BCUT2D eigenvalue weighted by atomic mass is 19.1. The second-order valence-corrected chi connectivity index (χ2v) is 7.83. The first-order chi connectivity index (χ1) is 16.0. The van der Waals surface area contributed by atoms with E-state index in [1.165, 1.54) is 12.3 Å². The summed E-state index contributed by atoms with van der Waals surface area (Å²) in [4.78, 5) is 22.6. The number of nitrogens with one attached hydrogen (secondary N) is 2. The zero-order chi connectivity index (χ0) is 23.4. The lowest BCUT2D eigenvalue weighted by molar-refractivity contribution is -0.154. The van der Waals surface area contributed by atoms with Crippen molar-refractivity contribution in [3.63, 3.8) is 0 Å². The Morgan fingerprint density at radius 2 is 2.06 bits per heavy atom. The number of aryl methyl sites for hydroxylation is 1. The van der Waals surface area contributed by atoms with Crippen LogP contribution in [0.15, 0.2) is 48.7 Å². The molecule has 0 spiro atoms. The molecule has 2 aromatic heterocycles. The number of hydrogen-bond acceptors (Lipinski definition) is 6. The van der Waals surface area contributed by atoms with Crippen molar-refractivity contribution in [3.8, 4) is 5.69 Å². The highest BCUT2D eigenvalue weighted by Crippen LogP contribution is 2.30. The molecule has 33 heavy (non-hydrogen) atoms. The van der Waals surface area contributed by atoms with E-state index in [0.717, 1.165) is 16.9 Å². The number of benzene rings is 1. The fourth-order valence-corrected chi connectivity index (χ4v) is 3.76. The molecule has 174 valence electrons. The zero-order valence-electron chi connectivity index (χ0n) is 18.8. The Morgan fingerprint density at radius 1 is 1.27 bits per heavy atom. The Labute approximate surface area is 191 Å². The van der Waals surface area contributed by atoms with Gasteiger partial charge >= 0.3 is 6.03 Å². The maximum absolute atomic E-state index is 13.7. The average Bonchev–Trinajstić information content (AvgIpc) is 3.34. The van der Waals surface area contributed by atoms with Crippen LogP contribution in [0.25, 0.3) is 5.69 Å². The lowest BCUT2D eigenvalue weighted by atomic mass is 10.0. The number of ether oxygens (including phenoxy) is 1. The normalized spacial score (nSPS) is 18.4. The molecular formula is C23H27FN6O3. The molecule has 0 aliphatic carbocycles. The van der Waals surface area contributed by atoms with Crippen molar-refractivity contribution in [2.24, 2.45) is 0 Å². The van der Waals surface area contributed by atoms with Gasteiger partial charge in [0.05, 0.1) is 24.0 Å². The topological polar surface area (TPSA) is 93.5 Å². The molecule has 2 amide bonds. The summed E-state index contributed by atoms with van der Waals surface area (Å²) in [5, 5.41) is 12.2. The Hall–Kier alpha value is -3.34. The van der Waals surface area contributed by atoms with Gasteiger partial charge in [0.1, 0.15) is 11.9 Å². The van der Waals surface area contributed by atoms with E-state index in [1.54, 1.807) is 22.9 Å². The number of para-hydroxylation sites is 1. The van der Waals surface area contributed by atoms with Gasteiger partial charge in [0, 0.05) is 32.0 Å². The van der Waals surface area contributed by atoms with Crippen LogP contribution in [0.1, 0.15) is 22.9 Å². The standard InChI is InChI=1S/C23H27FN6O3/c1-15-16(2)28-30(18-7-5-4-6-8-18)22(15)27-23(31)26-19-14-29(11-12-32-3)33-21(19)17-9-10-25-20(24)13-17/h4-10,13,19,21H,11-12,14H2,1-3H3,(H2,26,27,31)/t19-,21+/m1/s1. The van der Waals surface area contributed by atoms with Crippen LogP contribution in [0, 0.1) is 19.8 Å². The molecule has 1 aliphatic heterocycles. The zero-order valence-corrected chi connectivity index (χ0v) is 18.8. The van der Waals surface area contributed by atoms with E-state index in [1.807, 2.05) is 44.2 Å². The monoisotopic (exact) mass is 454 g/mol. The summed E-state index contributed by atoms with van der Waals surface area (Å²) in [5.74, 6) is -0.0228. The third kappa shape index (κ3) is 5.19. The summed E-state index contributed by atoms with van der Waals surface area (Å²) < 4.78 is 20.6. The fraction of sp³-hybridized carbons (Fsp3) is 0.348. The maximum atomic E-state index is 13.7. The molecule has 0 saturated carbocycles. The van der Waals surface area contributed by atoms with Crippen LogP contribution in [0.4, 0.5) is 15.0 Å². The molecule has 3 aromatic rings. The molecule has 1 aromatic carbocycles. The third-order valence-corrected chi connectivity index (χ3v) is 5.56. The number of halogens is 1. The van der Waals surface area contributed by atoms with E-state index in [4.69, 9.17) is 9.57 Å². The van der Waals surface area contributed by atoms with E-state index >= 15 is 0 Å². The number of carbonyl (C=O) groups excluding carboxylic acids is 1. The summed E-state index contributed by atoms with van der Waals surface area (Å²) >= 11 is 0. The number of amides is 2. The average molecular weight is 455 g/mol. The molecule has 0 bridgehead atoms. The number of pyridine rings is 1. The number of hydroxylamine groups is 2. The highest BCUT2D eigenvalue weighted by molar-refractivity contribution is 5.90. The van der Waals surface area contributed by atoms with Gasteiger partial charge in [0.2, 0.25) is 5.95 Å². The Morgan fingerprint density at radius 3 is 2.79 bits per heavy atom. The summed E-state index contributed by atoms with van der Waals surface area (Å²) in [6.45, 7) is 5.20. The molecule has 10 heteroatoms. The van der Waals surface area contributed by atoms with Crippen molar-refractivity contribution < 1.29 is 18.8 Å². The van der Waals surface area contributed by atoms with Crippen molar-refractivity contribution >= 4 is 11.8 Å². The van der Waals surface area contributed by atoms with E-state index in [9.17, 15) is 9.18 Å². The molecule has 1 aliphatic rings. The molecular weight excluding hydrogens is 427 g/mol. The highest BCUT2D eigenvalue weighted by Gasteiger charge is 2.36. The minimum Gasteiger partial charge on any atom is -0.383 e. The molecule has 2 N–H and O–H groups in total. The van der Waals surface area contributed by atoms with Crippen molar-refractivity contribution in [2.75, 3.05) is 32.1 Å². The molecule has 4 rings (SSSR count). The van der Waals surface area contributed by atoms with Gasteiger partial charge in [-0.3, -0.25) is 10.2 Å². The van der Waals surface area contributed by atoms with Gasteiger partial charge < -0.3 is 10.1 Å². The maximum Gasteiger partial charge on any atom is 0.320 e. The van der Waals surface area contributed by atoms with Gasteiger partial charge in [0.25, 0.3) is 0 Å². The first-order valence-corrected chi connectivity index (χ1v) is 10.7. The first kappa shape index (κ1) is 22.8. The number of carbonyl (C=O) groups is 1. The minimum absolute atomic E-state index is 0.406. The van der Waals surface area contributed by atoms with Crippen molar-refractivity contribution in [2.45, 2.75) is 26.0 Å². The second kappa shape index (κ2) is 10.1. The fourth-order valence-electron chi connectivity index (χ4n) is 3.76. The van der Waals surface area contributed by atoms with Gasteiger partial charge in [-0.1, -0.05) is 18.2 Å². The molecule has 0 unspecified atom stereocenters. The lowest BCUT2D eigenvalue weighted by Crippen LogP contribution is -2.42. The van der Waals surface area contributed by atoms with Crippen LogP contribution in [0.3, 0.4) is 0 Å². The third-order valence-electron chi connectivity index (χ3n) is 5.56. The number of methoxy groups -OCH3 is 1. The molecule has 0 radical (unpaired) electrons. The van der Waals surface area contributed by atoms with Crippen LogP contribution >= 0.6 is 0 Å².